The molecule has 8 heteroatoms. The fourth-order valence-corrected chi connectivity index (χ4v) is 2.80. The lowest BCUT2D eigenvalue weighted by atomic mass is 10.2. The van der Waals surface area contributed by atoms with Crippen molar-refractivity contribution in [2.75, 3.05) is 12.4 Å². The van der Waals surface area contributed by atoms with Gasteiger partial charge in [-0.15, -0.1) is 0 Å². The zero-order valence-corrected chi connectivity index (χ0v) is 15.5. The van der Waals surface area contributed by atoms with Gasteiger partial charge in [0.1, 0.15) is 17.2 Å². The number of para-hydroxylation sites is 1. The maximum absolute atomic E-state index is 12.5. The fraction of sp³-hybridized carbons (Fsp3) is 0.0476. The van der Waals surface area contributed by atoms with Crippen molar-refractivity contribution < 1.29 is 14.3 Å². The van der Waals surface area contributed by atoms with Gasteiger partial charge >= 0.3 is 0 Å². The van der Waals surface area contributed by atoms with Gasteiger partial charge in [0.05, 0.1) is 5.52 Å². The molecule has 0 unspecified atom stereocenters. The van der Waals surface area contributed by atoms with Gasteiger partial charge in [0, 0.05) is 30.4 Å². The van der Waals surface area contributed by atoms with Gasteiger partial charge in [0.15, 0.2) is 5.69 Å². The highest BCUT2D eigenvalue weighted by Gasteiger charge is 2.14. The van der Waals surface area contributed by atoms with E-state index < -0.39 is 0 Å². The summed E-state index contributed by atoms with van der Waals surface area (Å²) >= 11 is 0. The Labute approximate surface area is 165 Å². The van der Waals surface area contributed by atoms with Crippen LogP contribution in [-0.2, 0) is 0 Å². The van der Waals surface area contributed by atoms with Crippen LogP contribution in [0.1, 0.15) is 21.0 Å². The molecule has 0 aliphatic rings. The third kappa shape index (κ3) is 3.91. The van der Waals surface area contributed by atoms with Crippen LogP contribution in [-0.4, -0.2) is 34.0 Å². The molecule has 0 aliphatic heterocycles. The van der Waals surface area contributed by atoms with Crippen molar-refractivity contribution in [1.29, 1.82) is 0 Å². The van der Waals surface area contributed by atoms with Crippen molar-refractivity contribution in [3.05, 3.63) is 78.2 Å². The summed E-state index contributed by atoms with van der Waals surface area (Å²) in [5, 5.41) is 13.0. The van der Waals surface area contributed by atoms with Gasteiger partial charge in [0.2, 0.25) is 0 Å². The number of fused-ring (bicyclic) bond motifs is 1. The monoisotopic (exact) mass is 387 g/mol. The second-order valence-electron chi connectivity index (χ2n) is 6.15. The summed E-state index contributed by atoms with van der Waals surface area (Å²) in [6, 6.07) is 17.5. The molecule has 0 saturated carbocycles. The van der Waals surface area contributed by atoms with Gasteiger partial charge in [-0.05, 0) is 36.4 Å². The molecule has 2 aromatic carbocycles. The minimum absolute atomic E-state index is 0.264. The van der Waals surface area contributed by atoms with E-state index >= 15 is 0 Å². The van der Waals surface area contributed by atoms with Crippen LogP contribution in [0.25, 0.3) is 10.9 Å². The number of anilines is 1. The highest BCUT2D eigenvalue weighted by Crippen LogP contribution is 2.24. The molecule has 0 aliphatic carbocycles. The van der Waals surface area contributed by atoms with E-state index in [2.05, 4.69) is 25.8 Å². The third-order valence-electron chi connectivity index (χ3n) is 4.22. The number of carbonyl (C=O) groups is 2. The second-order valence-corrected chi connectivity index (χ2v) is 6.15. The molecule has 2 amide bonds. The number of nitrogens with zero attached hydrogens (tertiary/aromatic N) is 2. The smallest absolute Gasteiger partial charge is 0.276 e. The first kappa shape index (κ1) is 18.2. The van der Waals surface area contributed by atoms with Crippen molar-refractivity contribution in [3.8, 4) is 11.5 Å². The van der Waals surface area contributed by atoms with Crippen molar-refractivity contribution in [3.63, 3.8) is 0 Å². The topological polar surface area (TPSA) is 109 Å². The van der Waals surface area contributed by atoms with Crippen molar-refractivity contribution in [1.82, 2.24) is 20.5 Å². The van der Waals surface area contributed by atoms with E-state index in [1.54, 1.807) is 36.4 Å². The first-order valence-corrected chi connectivity index (χ1v) is 8.84. The second kappa shape index (κ2) is 7.81. The SMILES string of the molecule is CNC(=O)c1cc(Oc2ccc(NC(=O)c3n[nH]c4ccccc34)cc2)ccn1. The van der Waals surface area contributed by atoms with Crippen LogP contribution in [0, 0.1) is 0 Å². The summed E-state index contributed by atoms with van der Waals surface area (Å²) in [6.45, 7) is 0. The Hall–Kier alpha value is -4.20. The van der Waals surface area contributed by atoms with E-state index in [4.69, 9.17) is 4.74 Å². The Bertz CT molecular complexity index is 1180. The van der Waals surface area contributed by atoms with Gasteiger partial charge in [0.25, 0.3) is 11.8 Å². The number of hydrogen-bond donors (Lipinski definition) is 3. The van der Waals surface area contributed by atoms with Crippen LogP contribution in [0.5, 0.6) is 11.5 Å². The van der Waals surface area contributed by atoms with Crippen LogP contribution in [0.3, 0.4) is 0 Å². The molecule has 0 atom stereocenters. The highest BCUT2D eigenvalue weighted by molar-refractivity contribution is 6.11. The van der Waals surface area contributed by atoms with Crippen molar-refractivity contribution in [2.45, 2.75) is 0 Å². The molecule has 2 aromatic heterocycles. The van der Waals surface area contributed by atoms with Gasteiger partial charge < -0.3 is 15.4 Å². The lowest BCUT2D eigenvalue weighted by Gasteiger charge is -2.08. The predicted molar refractivity (Wildman–Crippen MR) is 108 cm³/mol. The number of aromatic nitrogens is 3. The van der Waals surface area contributed by atoms with Crippen LogP contribution in [0.4, 0.5) is 5.69 Å². The number of H-pyrrole nitrogens is 1. The minimum Gasteiger partial charge on any atom is -0.457 e. The molecular formula is C21H17N5O3. The molecule has 4 rings (SSSR count). The molecule has 0 radical (unpaired) electrons. The molecule has 29 heavy (non-hydrogen) atoms. The van der Waals surface area contributed by atoms with Crippen molar-refractivity contribution >= 4 is 28.4 Å². The Morgan fingerprint density at radius 2 is 1.76 bits per heavy atom. The van der Waals surface area contributed by atoms with Crippen LogP contribution < -0.4 is 15.4 Å². The van der Waals surface area contributed by atoms with E-state index in [-0.39, 0.29) is 17.5 Å². The van der Waals surface area contributed by atoms with Crippen molar-refractivity contribution in [2.24, 2.45) is 0 Å². The molecule has 3 N–H and O–H groups in total. The summed E-state index contributed by atoms with van der Waals surface area (Å²) in [4.78, 5) is 28.2. The van der Waals surface area contributed by atoms with E-state index in [1.807, 2.05) is 24.3 Å². The van der Waals surface area contributed by atoms with Crippen LogP contribution in [0.15, 0.2) is 66.9 Å². The fourth-order valence-electron chi connectivity index (χ4n) is 2.80. The van der Waals surface area contributed by atoms with Crippen LogP contribution >= 0.6 is 0 Å². The van der Waals surface area contributed by atoms with Gasteiger partial charge in [-0.1, -0.05) is 18.2 Å². The van der Waals surface area contributed by atoms with Gasteiger partial charge in [-0.3, -0.25) is 19.7 Å². The van der Waals surface area contributed by atoms with E-state index in [9.17, 15) is 9.59 Å². The number of benzene rings is 2. The van der Waals surface area contributed by atoms with E-state index in [0.29, 0.717) is 22.9 Å². The molecule has 4 aromatic rings. The molecule has 0 fully saturated rings. The average molecular weight is 387 g/mol. The van der Waals surface area contributed by atoms with Crippen LogP contribution in [0.2, 0.25) is 0 Å². The number of ether oxygens (including phenoxy) is 1. The minimum atomic E-state index is -0.305. The maximum atomic E-state index is 12.5. The number of rotatable bonds is 5. The maximum Gasteiger partial charge on any atom is 0.276 e. The highest BCUT2D eigenvalue weighted by atomic mass is 16.5. The lowest BCUT2D eigenvalue weighted by Crippen LogP contribution is -2.18. The average Bonchev–Trinajstić information content (AvgIpc) is 3.19. The largest absolute Gasteiger partial charge is 0.457 e. The van der Waals surface area contributed by atoms with Gasteiger partial charge in [-0.2, -0.15) is 5.10 Å². The first-order valence-electron chi connectivity index (χ1n) is 8.84. The standard InChI is InChI=1S/C21H17N5O3/c1-22-20(27)18-12-15(10-11-23-18)29-14-8-6-13(7-9-14)24-21(28)19-16-4-2-3-5-17(16)25-26-19/h2-12H,1H3,(H,22,27)(H,24,28)(H,25,26). The summed E-state index contributed by atoms with van der Waals surface area (Å²) in [6.07, 6.45) is 1.50. The normalized spacial score (nSPS) is 10.5. The number of aromatic amines is 1. The zero-order valence-electron chi connectivity index (χ0n) is 15.5. The molecule has 8 nitrogen and oxygen atoms in total. The first-order chi connectivity index (χ1) is 14.1. The Balaban J connectivity index is 1.45. The summed E-state index contributed by atoms with van der Waals surface area (Å²) in [5.41, 5.74) is 2.00. The Morgan fingerprint density at radius 1 is 0.966 bits per heavy atom. The third-order valence-corrected chi connectivity index (χ3v) is 4.22. The predicted octanol–water partition coefficient (Wildman–Crippen LogP) is 3.36. The van der Waals surface area contributed by atoms with Gasteiger partial charge in [-0.25, -0.2) is 0 Å². The number of carbonyl (C=O) groups excluding carboxylic acids is 2. The lowest BCUT2D eigenvalue weighted by molar-refractivity contribution is 0.0957. The number of hydrogen-bond acceptors (Lipinski definition) is 5. The Kier molecular flexibility index (Phi) is 4.90. The molecule has 0 spiro atoms. The number of pyridine rings is 1. The van der Waals surface area contributed by atoms with E-state index in [0.717, 1.165) is 10.9 Å². The number of nitrogens with one attached hydrogen (secondary N) is 3. The summed E-state index contributed by atoms with van der Waals surface area (Å²) in [7, 11) is 1.54. The quantitative estimate of drug-likeness (QED) is 0.486. The summed E-state index contributed by atoms with van der Waals surface area (Å²) < 4.78 is 5.75. The molecule has 0 saturated heterocycles. The molecule has 2 heterocycles. The summed E-state index contributed by atoms with van der Waals surface area (Å²) in [5.74, 6) is 0.445. The molecular weight excluding hydrogens is 370 g/mol. The van der Waals surface area contributed by atoms with E-state index in [1.165, 1.54) is 13.2 Å². The molecule has 0 bridgehead atoms. The Morgan fingerprint density at radius 3 is 2.55 bits per heavy atom. The zero-order chi connectivity index (χ0) is 20.2. The number of amides is 2. The molecule has 144 valence electrons.